The largest absolute Gasteiger partial charge is 2.00 e. The Morgan fingerprint density at radius 1 is 0.608 bits per heavy atom. The van der Waals surface area contributed by atoms with E-state index in [0.717, 1.165) is 70.3 Å². The molecule has 2 N–H and O–H groups in total. The number of para-hydroxylation sites is 2. The molecule has 10 nitrogen and oxygen atoms in total. The van der Waals surface area contributed by atoms with Gasteiger partial charge in [0.15, 0.2) is 11.5 Å². The molecule has 0 amide bonds. The standard InChI is InChI=1S/2C19H24O5S.Ca/c2*1-2-3-4-5-7-10-15-13-17(20)18(14-19(15)25(21,22)23)24-16-11-8-6-9-12-16;/h2*6,8-9,11-14,20H,2-5,7,10H2,1H3,(H,21,22,23);/q;;+2/p-2. The summed E-state index contributed by atoms with van der Waals surface area (Å²) in [5.41, 5.74) is 0.675. The maximum absolute atomic E-state index is 12.2. The van der Waals surface area contributed by atoms with Crippen molar-refractivity contribution >= 4 is 58.0 Å². The number of aryl methyl sites for hydroxylation is 2. The number of aromatic hydroxyl groups is 1. The van der Waals surface area contributed by atoms with Crippen LogP contribution >= 0.6 is 0 Å². The number of hydrogen-bond acceptors (Lipinski definition) is 9. The van der Waals surface area contributed by atoms with Crippen molar-refractivity contribution in [1.29, 1.82) is 0 Å². The van der Waals surface area contributed by atoms with Crippen LogP contribution in [-0.4, -0.2) is 68.8 Å². The van der Waals surface area contributed by atoms with Crippen molar-refractivity contribution in [3.8, 4) is 34.5 Å². The molecule has 0 radical (unpaired) electrons. The normalized spacial score (nSPS) is 11.2. The zero-order valence-electron chi connectivity index (χ0n) is 29.3. The summed E-state index contributed by atoms with van der Waals surface area (Å²) in [6, 6.07) is 22.1. The van der Waals surface area contributed by atoms with Crippen LogP contribution in [0.2, 0.25) is 0 Å². The summed E-state index contributed by atoms with van der Waals surface area (Å²) in [5.74, 6) is 0.121. The summed E-state index contributed by atoms with van der Waals surface area (Å²) < 4.78 is 78.7. The van der Waals surface area contributed by atoms with Gasteiger partial charge in [0.1, 0.15) is 32.3 Å². The Labute approximate surface area is 332 Å². The molecule has 0 atom stereocenters. The van der Waals surface area contributed by atoms with Crippen LogP contribution < -0.4 is 14.6 Å². The number of ether oxygens (including phenoxy) is 2. The van der Waals surface area contributed by atoms with E-state index >= 15 is 0 Å². The minimum Gasteiger partial charge on any atom is -0.870 e. The van der Waals surface area contributed by atoms with E-state index in [1.54, 1.807) is 54.6 Å². The Bertz CT molecular complexity index is 1710. The van der Waals surface area contributed by atoms with Crippen LogP contribution in [0.1, 0.15) is 89.2 Å². The minimum atomic E-state index is -4.68. The second kappa shape index (κ2) is 22.3. The van der Waals surface area contributed by atoms with Gasteiger partial charge >= 0.3 is 37.7 Å². The van der Waals surface area contributed by atoms with E-state index in [0.29, 0.717) is 29.9 Å². The topological polar surface area (TPSA) is 173 Å². The van der Waals surface area contributed by atoms with Crippen LogP contribution in [-0.2, 0) is 33.1 Å². The van der Waals surface area contributed by atoms with E-state index in [2.05, 4.69) is 13.8 Å². The first-order valence-electron chi connectivity index (χ1n) is 16.9. The summed E-state index contributed by atoms with van der Waals surface area (Å²) in [6.45, 7) is 4.23. The first-order valence-corrected chi connectivity index (χ1v) is 19.8. The van der Waals surface area contributed by atoms with Crippen LogP contribution in [0.15, 0.2) is 94.7 Å². The average Bonchev–Trinajstić information content (AvgIpc) is 3.07. The Hall–Kier alpha value is -2.84. The smallest absolute Gasteiger partial charge is 0.870 e. The van der Waals surface area contributed by atoms with E-state index in [4.69, 9.17) is 9.47 Å². The monoisotopic (exact) mass is 766 g/mol. The molecule has 0 heterocycles. The van der Waals surface area contributed by atoms with Crippen LogP contribution in [0.4, 0.5) is 0 Å². The molecule has 272 valence electrons. The SMILES string of the molecule is CCCCCCCc1cc(O)c(Oc2ccccc2)cc1S(=O)(=O)O.CCCCCCCc1cc([O-])c(Oc2ccccc2)cc1S(=O)(=O)[O-].[Ca+2]. The summed E-state index contributed by atoms with van der Waals surface area (Å²) >= 11 is 0. The van der Waals surface area contributed by atoms with Gasteiger partial charge in [-0.05, 0) is 73.2 Å². The average molecular weight is 767 g/mol. The van der Waals surface area contributed by atoms with Gasteiger partial charge in [-0.15, -0.1) is 0 Å². The van der Waals surface area contributed by atoms with E-state index in [1.165, 1.54) is 18.2 Å². The molecular formula is C38H46CaO10S2. The molecule has 0 spiro atoms. The molecule has 0 saturated heterocycles. The Morgan fingerprint density at radius 3 is 1.49 bits per heavy atom. The van der Waals surface area contributed by atoms with E-state index in [-0.39, 0.29) is 70.3 Å². The second-order valence-corrected chi connectivity index (χ2v) is 14.7. The van der Waals surface area contributed by atoms with Gasteiger partial charge in [-0.25, -0.2) is 8.42 Å². The van der Waals surface area contributed by atoms with Crippen molar-refractivity contribution in [2.24, 2.45) is 0 Å². The zero-order valence-corrected chi connectivity index (χ0v) is 33.1. The number of hydrogen-bond donors (Lipinski definition) is 2. The van der Waals surface area contributed by atoms with Gasteiger partial charge in [-0.3, -0.25) is 4.55 Å². The van der Waals surface area contributed by atoms with Gasteiger partial charge in [0.25, 0.3) is 10.1 Å². The molecule has 4 rings (SSSR count). The van der Waals surface area contributed by atoms with Crippen molar-refractivity contribution < 1.29 is 45.6 Å². The molecular weight excluding hydrogens is 721 g/mol. The fourth-order valence-electron chi connectivity index (χ4n) is 5.27. The molecule has 0 aliphatic rings. The first-order chi connectivity index (χ1) is 23.8. The number of unbranched alkanes of at least 4 members (excludes halogenated alkanes) is 8. The van der Waals surface area contributed by atoms with Crippen LogP contribution in [0.25, 0.3) is 0 Å². The number of rotatable bonds is 18. The van der Waals surface area contributed by atoms with Crippen molar-refractivity contribution in [2.45, 2.75) is 101 Å². The molecule has 0 aliphatic carbocycles. The summed E-state index contributed by atoms with van der Waals surface area (Å²) in [5, 5.41) is 22.4. The Kier molecular flexibility index (Phi) is 19.4. The van der Waals surface area contributed by atoms with Gasteiger partial charge in [0.05, 0.1) is 4.90 Å². The molecule has 4 aromatic rings. The van der Waals surface area contributed by atoms with Crippen LogP contribution in [0.3, 0.4) is 0 Å². The van der Waals surface area contributed by atoms with Crippen molar-refractivity contribution in [3.63, 3.8) is 0 Å². The van der Waals surface area contributed by atoms with Crippen molar-refractivity contribution in [3.05, 3.63) is 96.1 Å². The third-order valence-electron chi connectivity index (χ3n) is 7.86. The van der Waals surface area contributed by atoms with Gasteiger partial charge in [-0.1, -0.05) is 113 Å². The molecule has 0 saturated carbocycles. The molecule has 0 aromatic heterocycles. The molecule has 51 heavy (non-hydrogen) atoms. The summed E-state index contributed by atoms with van der Waals surface area (Å²) in [7, 11) is -9.08. The number of phenols is 1. The van der Waals surface area contributed by atoms with E-state index < -0.39 is 26.0 Å². The number of phenolic OH excluding ortho intramolecular Hbond substituents is 1. The minimum absolute atomic E-state index is 0. The summed E-state index contributed by atoms with van der Waals surface area (Å²) in [4.78, 5) is -0.583. The third-order valence-corrected chi connectivity index (χ3v) is 9.71. The summed E-state index contributed by atoms with van der Waals surface area (Å²) in [6.07, 6.45) is 10.9. The van der Waals surface area contributed by atoms with Crippen LogP contribution in [0.5, 0.6) is 34.5 Å². The number of benzene rings is 4. The molecule has 13 heteroatoms. The fraction of sp³-hybridized carbons (Fsp3) is 0.368. The first kappa shape index (κ1) is 44.3. The van der Waals surface area contributed by atoms with Crippen LogP contribution in [0, 0.1) is 0 Å². The Morgan fingerprint density at radius 2 is 1.04 bits per heavy atom. The van der Waals surface area contributed by atoms with Crippen molar-refractivity contribution in [1.82, 2.24) is 0 Å². The van der Waals surface area contributed by atoms with Gasteiger partial charge in [0.2, 0.25) is 0 Å². The molecule has 0 aliphatic heterocycles. The molecule has 0 bridgehead atoms. The zero-order chi connectivity index (χ0) is 36.6. The fourth-order valence-corrected chi connectivity index (χ4v) is 6.75. The predicted molar refractivity (Wildman–Crippen MR) is 195 cm³/mol. The van der Waals surface area contributed by atoms with E-state index in [9.17, 15) is 36.2 Å². The van der Waals surface area contributed by atoms with Crippen molar-refractivity contribution in [2.75, 3.05) is 0 Å². The third kappa shape index (κ3) is 15.3. The van der Waals surface area contributed by atoms with E-state index in [1.807, 2.05) is 6.07 Å². The maximum atomic E-state index is 12.2. The van der Waals surface area contributed by atoms with Gasteiger partial charge in [-0.2, -0.15) is 8.42 Å². The Balaban J connectivity index is 0.000000347. The molecule has 0 unspecified atom stereocenters. The molecule has 4 aromatic carbocycles. The predicted octanol–water partition coefficient (Wildman–Crippen LogP) is 8.53. The van der Waals surface area contributed by atoms with Gasteiger partial charge < -0.3 is 24.2 Å². The quantitative estimate of drug-likeness (QED) is 0.0568. The van der Waals surface area contributed by atoms with Gasteiger partial charge in [0, 0.05) is 6.07 Å². The molecule has 0 fully saturated rings. The second-order valence-electron chi connectivity index (χ2n) is 11.9. The maximum Gasteiger partial charge on any atom is 2.00 e.